The summed E-state index contributed by atoms with van der Waals surface area (Å²) in [5.74, 6) is 0.710. The molecule has 0 atom stereocenters. The Balaban J connectivity index is 1.89. The first-order chi connectivity index (χ1) is 9.75. The van der Waals surface area contributed by atoms with Gasteiger partial charge in [0.15, 0.2) is 0 Å². The van der Waals surface area contributed by atoms with Crippen LogP contribution in [0.2, 0.25) is 0 Å². The molecule has 5 nitrogen and oxygen atoms in total. The molecule has 0 saturated heterocycles. The molecule has 0 bridgehead atoms. The number of nitrogens with zero attached hydrogens (tertiary/aromatic N) is 4. The molecule has 3 aromatic rings. The van der Waals surface area contributed by atoms with Crippen molar-refractivity contribution in [2.45, 2.75) is 6.92 Å². The van der Waals surface area contributed by atoms with Crippen molar-refractivity contribution in [2.75, 3.05) is 5.43 Å². The Bertz CT molecular complexity index is 758. The normalized spacial score (nSPS) is 11.8. The maximum Gasteiger partial charge on any atom is 0.224 e. The molecule has 0 fully saturated rings. The molecule has 20 heavy (non-hydrogen) atoms. The number of rotatable bonds is 3. The molecule has 0 amide bonds. The molecule has 3 rings (SSSR count). The lowest BCUT2D eigenvalue weighted by Crippen LogP contribution is -2.04. The minimum Gasteiger partial charge on any atom is -0.312 e. The minimum atomic E-state index is 0.710. The van der Waals surface area contributed by atoms with Crippen LogP contribution in [0.5, 0.6) is 0 Å². The van der Waals surface area contributed by atoms with Gasteiger partial charge in [-0.15, -0.1) is 0 Å². The molecule has 2 aromatic heterocycles. The van der Waals surface area contributed by atoms with Crippen molar-refractivity contribution in [3.05, 3.63) is 54.4 Å². The number of anilines is 1. The summed E-state index contributed by atoms with van der Waals surface area (Å²) in [5, 5.41) is 4.34. The zero-order valence-electron chi connectivity index (χ0n) is 11.4. The van der Waals surface area contributed by atoms with E-state index in [1.807, 2.05) is 61.0 Å². The van der Waals surface area contributed by atoms with Crippen LogP contribution < -0.4 is 5.43 Å². The first kappa shape index (κ1) is 12.3. The highest BCUT2D eigenvalue weighted by Crippen LogP contribution is 2.17. The summed E-state index contributed by atoms with van der Waals surface area (Å²) in [5.41, 5.74) is 6.68. The van der Waals surface area contributed by atoms with Crippen LogP contribution in [0.25, 0.3) is 11.0 Å². The van der Waals surface area contributed by atoms with E-state index in [0.717, 1.165) is 22.4 Å². The van der Waals surface area contributed by atoms with Crippen LogP contribution in [-0.2, 0) is 7.05 Å². The predicted octanol–water partition coefficient (Wildman–Crippen LogP) is 2.80. The smallest absolute Gasteiger partial charge is 0.224 e. The van der Waals surface area contributed by atoms with Crippen molar-refractivity contribution in [3.63, 3.8) is 0 Å². The highest BCUT2D eigenvalue weighted by molar-refractivity contribution is 5.97. The predicted molar refractivity (Wildman–Crippen MR) is 80.8 cm³/mol. The molecular weight excluding hydrogens is 250 g/mol. The molecule has 100 valence electrons. The van der Waals surface area contributed by atoms with Crippen molar-refractivity contribution in [3.8, 4) is 0 Å². The van der Waals surface area contributed by atoms with Gasteiger partial charge in [-0.05, 0) is 31.2 Å². The topological polar surface area (TPSA) is 55.1 Å². The number of aromatic nitrogens is 3. The summed E-state index contributed by atoms with van der Waals surface area (Å²) in [6.45, 7) is 1.91. The Morgan fingerprint density at radius 2 is 1.95 bits per heavy atom. The van der Waals surface area contributed by atoms with Gasteiger partial charge in [0.25, 0.3) is 0 Å². The molecule has 0 radical (unpaired) electrons. The van der Waals surface area contributed by atoms with Crippen LogP contribution in [-0.4, -0.2) is 20.2 Å². The number of para-hydroxylation sites is 2. The second kappa shape index (κ2) is 5.13. The van der Waals surface area contributed by atoms with Gasteiger partial charge in [-0.2, -0.15) is 5.10 Å². The van der Waals surface area contributed by atoms with Crippen LogP contribution in [0.15, 0.2) is 53.8 Å². The van der Waals surface area contributed by atoms with Gasteiger partial charge in [0.05, 0.1) is 22.4 Å². The molecule has 0 aliphatic heterocycles. The monoisotopic (exact) mass is 265 g/mol. The minimum absolute atomic E-state index is 0.710. The maximum absolute atomic E-state index is 4.50. The van der Waals surface area contributed by atoms with Gasteiger partial charge in [-0.25, -0.2) is 10.4 Å². The highest BCUT2D eigenvalue weighted by atomic mass is 15.4. The molecule has 1 N–H and O–H groups in total. The summed E-state index contributed by atoms with van der Waals surface area (Å²) in [4.78, 5) is 8.76. The van der Waals surface area contributed by atoms with Gasteiger partial charge >= 0.3 is 0 Å². The fraction of sp³-hybridized carbons (Fsp3) is 0.133. The average Bonchev–Trinajstić information content (AvgIpc) is 2.83. The molecule has 0 unspecified atom stereocenters. The van der Waals surface area contributed by atoms with E-state index in [1.165, 1.54) is 0 Å². The van der Waals surface area contributed by atoms with E-state index in [-0.39, 0.29) is 0 Å². The van der Waals surface area contributed by atoms with Crippen molar-refractivity contribution in [1.82, 2.24) is 14.5 Å². The number of hydrogen-bond donors (Lipinski definition) is 1. The van der Waals surface area contributed by atoms with Crippen LogP contribution in [0.3, 0.4) is 0 Å². The molecule has 0 aliphatic rings. The van der Waals surface area contributed by atoms with E-state index in [2.05, 4.69) is 20.5 Å². The second-order valence-corrected chi connectivity index (χ2v) is 4.51. The SMILES string of the molecule is CC(=NNc1nc2ccccc2n1C)c1ccccn1. The molecule has 2 heterocycles. The van der Waals surface area contributed by atoms with Gasteiger partial charge in [-0.1, -0.05) is 18.2 Å². The fourth-order valence-electron chi connectivity index (χ4n) is 2.01. The Morgan fingerprint density at radius 3 is 2.70 bits per heavy atom. The molecular formula is C15H15N5. The van der Waals surface area contributed by atoms with Crippen molar-refractivity contribution in [2.24, 2.45) is 12.1 Å². The number of pyridine rings is 1. The number of fused-ring (bicyclic) bond motifs is 1. The van der Waals surface area contributed by atoms with E-state index >= 15 is 0 Å². The highest BCUT2D eigenvalue weighted by Gasteiger charge is 2.06. The Morgan fingerprint density at radius 1 is 1.15 bits per heavy atom. The van der Waals surface area contributed by atoms with E-state index in [0.29, 0.717) is 5.95 Å². The zero-order chi connectivity index (χ0) is 13.9. The Hall–Kier alpha value is -2.69. The molecule has 0 saturated carbocycles. The maximum atomic E-state index is 4.50. The summed E-state index contributed by atoms with van der Waals surface area (Å²) >= 11 is 0. The van der Waals surface area contributed by atoms with Gasteiger partial charge in [-0.3, -0.25) is 4.98 Å². The van der Waals surface area contributed by atoms with Crippen LogP contribution >= 0.6 is 0 Å². The lowest BCUT2D eigenvalue weighted by atomic mass is 10.3. The first-order valence-corrected chi connectivity index (χ1v) is 6.39. The number of aryl methyl sites for hydroxylation is 1. The molecule has 1 aromatic carbocycles. The molecule has 0 spiro atoms. The zero-order valence-corrected chi connectivity index (χ0v) is 11.4. The van der Waals surface area contributed by atoms with Crippen molar-refractivity contribution < 1.29 is 0 Å². The van der Waals surface area contributed by atoms with E-state index in [1.54, 1.807) is 6.20 Å². The Kier molecular flexibility index (Phi) is 3.16. The number of benzene rings is 1. The van der Waals surface area contributed by atoms with E-state index in [9.17, 15) is 0 Å². The summed E-state index contributed by atoms with van der Waals surface area (Å²) in [6.07, 6.45) is 1.75. The second-order valence-electron chi connectivity index (χ2n) is 4.51. The first-order valence-electron chi connectivity index (χ1n) is 6.39. The number of nitrogens with one attached hydrogen (secondary N) is 1. The van der Waals surface area contributed by atoms with Gasteiger partial charge in [0, 0.05) is 13.2 Å². The lowest BCUT2D eigenvalue weighted by molar-refractivity contribution is 0.942. The van der Waals surface area contributed by atoms with E-state index < -0.39 is 0 Å². The third kappa shape index (κ3) is 2.25. The van der Waals surface area contributed by atoms with E-state index in [4.69, 9.17) is 0 Å². The number of imidazole rings is 1. The molecule has 0 aliphatic carbocycles. The van der Waals surface area contributed by atoms with Crippen LogP contribution in [0.1, 0.15) is 12.6 Å². The number of hydrogen-bond acceptors (Lipinski definition) is 4. The third-order valence-corrected chi connectivity index (χ3v) is 3.15. The van der Waals surface area contributed by atoms with Gasteiger partial charge in [0.2, 0.25) is 5.95 Å². The lowest BCUT2D eigenvalue weighted by Gasteiger charge is -2.03. The summed E-state index contributed by atoms with van der Waals surface area (Å²) < 4.78 is 1.98. The van der Waals surface area contributed by atoms with Gasteiger partial charge < -0.3 is 4.57 Å². The molecule has 5 heteroatoms. The van der Waals surface area contributed by atoms with Gasteiger partial charge in [0.1, 0.15) is 0 Å². The summed E-state index contributed by atoms with van der Waals surface area (Å²) in [6, 6.07) is 13.7. The largest absolute Gasteiger partial charge is 0.312 e. The van der Waals surface area contributed by atoms with Crippen molar-refractivity contribution >= 4 is 22.7 Å². The van der Waals surface area contributed by atoms with Crippen LogP contribution in [0.4, 0.5) is 5.95 Å². The fourth-order valence-corrected chi connectivity index (χ4v) is 2.01. The standard InChI is InChI=1S/C15H15N5/c1-11(12-7-5-6-10-16-12)18-19-15-17-13-8-3-4-9-14(13)20(15)2/h3-10H,1-2H3,(H,17,19). The average molecular weight is 265 g/mol. The quantitative estimate of drug-likeness (QED) is 0.585. The Labute approximate surface area is 117 Å². The summed E-state index contributed by atoms with van der Waals surface area (Å²) in [7, 11) is 1.96. The third-order valence-electron chi connectivity index (χ3n) is 3.15. The number of hydrazone groups is 1. The van der Waals surface area contributed by atoms with Crippen LogP contribution in [0, 0.1) is 0 Å². The van der Waals surface area contributed by atoms with Crippen molar-refractivity contribution in [1.29, 1.82) is 0 Å².